The number of carbonyl (C=O) groups is 3. The number of aliphatic hydroxyl groups is 7. The van der Waals surface area contributed by atoms with Crippen LogP contribution in [0.4, 0.5) is 0 Å². The highest BCUT2D eigenvalue weighted by molar-refractivity contribution is 7.81. The van der Waals surface area contributed by atoms with Crippen LogP contribution in [0.5, 0.6) is 0 Å². The lowest BCUT2D eigenvalue weighted by atomic mass is 9.82. The number of fused-ring (bicyclic) bond motifs is 1. The molecule has 12 N–H and O–H groups in total. The van der Waals surface area contributed by atoms with Gasteiger partial charge in [-0.2, -0.15) is 16.8 Å². The van der Waals surface area contributed by atoms with Crippen LogP contribution in [-0.4, -0.2) is 242 Å². The van der Waals surface area contributed by atoms with Crippen molar-refractivity contribution in [2.24, 2.45) is 4.99 Å². The van der Waals surface area contributed by atoms with Crippen LogP contribution >= 0.6 is 0 Å². The Labute approximate surface area is 394 Å². The number of nitrogens with zero attached hydrogens (tertiary/aromatic N) is 1. The molecule has 0 bridgehead atoms. The van der Waals surface area contributed by atoms with Crippen molar-refractivity contribution in [3.8, 4) is 0 Å². The second-order valence-corrected chi connectivity index (χ2v) is 19.7. The van der Waals surface area contributed by atoms with Gasteiger partial charge in [-0.1, -0.05) is 20.3 Å². The van der Waals surface area contributed by atoms with Crippen LogP contribution in [0.3, 0.4) is 0 Å². The molecule has 5 rings (SSSR count). The molecule has 0 aromatic carbocycles. The highest BCUT2D eigenvalue weighted by Gasteiger charge is 2.61. The lowest BCUT2D eigenvalue weighted by Gasteiger charge is -2.53. The average Bonchev–Trinajstić information content (AvgIpc) is 3.62. The average molecular weight is 1050 g/mol. The molecule has 69 heavy (non-hydrogen) atoms. The van der Waals surface area contributed by atoms with Gasteiger partial charge in [0.15, 0.2) is 24.4 Å². The van der Waals surface area contributed by atoms with E-state index in [2.05, 4.69) is 18.7 Å². The van der Waals surface area contributed by atoms with Crippen LogP contribution in [0.1, 0.15) is 60.8 Å². The quantitative estimate of drug-likeness (QED) is 0.0506. The van der Waals surface area contributed by atoms with E-state index in [0.29, 0.717) is 0 Å². The molecule has 10 unspecified atom stereocenters. The number of rotatable bonds is 20. The number of aliphatic imine (C=N–C) groups is 1. The fraction of sp³-hybridized carbons (Fsp3) is 0.892. The zero-order valence-corrected chi connectivity index (χ0v) is 39.3. The van der Waals surface area contributed by atoms with Crippen LogP contribution in [-0.2, 0) is 81.4 Å². The number of carboxylic acid groups (broad SMARTS) is 2. The van der Waals surface area contributed by atoms with Gasteiger partial charge < -0.3 is 89.2 Å². The van der Waals surface area contributed by atoms with Gasteiger partial charge >= 0.3 is 32.7 Å². The molecular formula is C37H60N2O28S2. The number of hydrogen-bond acceptors (Lipinski definition) is 25. The minimum absolute atomic E-state index is 0.0467. The van der Waals surface area contributed by atoms with Crippen molar-refractivity contribution < 1.29 is 133 Å². The standard InChI is InChI=1S/C37H60N2O28S2/c1-7-9-37(6,31-23(46)20(43)21(44)28(63-31)32(48)49)67-25-16(38-12(3)40)35(62-15(18(25)41)11-59-69(55,56)57)65-27-22(45)24(47)30(64-29(27)33(50)51)36(5,8-2)66-26-17-34(60-13(4)39-17)61-14(19(26)42)10-58-68(52,53)54/h14-31,34-35,41-47H,7-11H2,1-6H3,(H,38,40)(H,48,49)(H,50,51)(H,52,53,54)(H,55,56,57)/t14?,15?,16-,17-,18-,19-,20-,21-,22+,23?,24?,25?,26?,27-,28?,29?,30+,31+,34-,35-,36?,37?/m0/s1. The van der Waals surface area contributed by atoms with Gasteiger partial charge in [0, 0.05) is 13.8 Å². The molecule has 5 heterocycles. The van der Waals surface area contributed by atoms with E-state index < -0.39 is 185 Å². The number of amides is 1. The summed E-state index contributed by atoms with van der Waals surface area (Å²) < 4.78 is 121. The third-order valence-corrected chi connectivity index (χ3v) is 13.4. The molecule has 30 nitrogen and oxygen atoms in total. The van der Waals surface area contributed by atoms with Crippen molar-refractivity contribution in [3.63, 3.8) is 0 Å². The van der Waals surface area contributed by atoms with Gasteiger partial charge in [0.2, 0.25) is 12.2 Å². The van der Waals surface area contributed by atoms with Crippen LogP contribution in [0.25, 0.3) is 0 Å². The zero-order valence-electron chi connectivity index (χ0n) is 37.7. The summed E-state index contributed by atoms with van der Waals surface area (Å²) in [5, 5.41) is 102. The minimum atomic E-state index is -5.29. The van der Waals surface area contributed by atoms with Crippen LogP contribution in [0, 0.1) is 0 Å². The van der Waals surface area contributed by atoms with E-state index in [1.54, 1.807) is 6.92 Å². The first-order chi connectivity index (χ1) is 31.9. The molecular weight excluding hydrogens is 985 g/mol. The first kappa shape index (κ1) is 57.0. The van der Waals surface area contributed by atoms with Gasteiger partial charge in [-0.05, 0) is 26.7 Å². The van der Waals surface area contributed by atoms with Gasteiger partial charge in [0.1, 0.15) is 97.5 Å². The molecule has 0 radical (unpaired) electrons. The van der Waals surface area contributed by atoms with Gasteiger partial charge in [0.25, 0.3) is 0 Å². The largest absolute Gasteiger partial charge is 0.479 e. The lowest BCUT2D eigenvalue weighted by Crippen LogP contribution is -2.72. The van der Waals surface area contributed by atoms with E-state index in [1.165, 1.54) is 27.7 Å². The Morgan fingerprint density at radius 1 is 0.681 bits per heavy atom. The Bertz CT molecular complexity index is 2090. The number of carboxylic acids is 2. The van der Waals surface area contributed by atoms with E-state index in [1.807, 2.05) is 0 Å². The van der Waals surface area contributed by atoms with Crippen LogP contribution in [0.2, 0.25) is 0 Å². The number of carbonyl (C=O) groups excluding carboxylic acids is 1. The third-order valence-electron chi connectivity index (χ3n) is 12.5. The molecule has 0 spiro atoms. The Morgan fingerprint density at radius 2 is 1.19 bits per heavy atom. The number of aliphatic carboxylic acids is 2. The maximum Gasteiger partial charge on any atom is 0.397 e. The van der Waals surface area contributed by atoms with Crippen molar-refractivity contribution in [3.05, 3.63) is 0 Å². The minimum Gasteiger partial charge on any atom is -0.479 e. The predicted octanol–water partition coefficient (Wildman–Crippen LogP) is -5.49. The molecule has 0 aromatic rings. The molecule has 4 fully saturated rings. The summed E-state index contributed by atoms with van der Waals surface area (Å²) in [6, 6.07) is -3.05. The number of ether oxygens (including phenoxy) is 8. The Hall–Kier alpha value is -2.94. The van der Waals surface area contributed by atoms with Crippen LogP contribution < -0.4 is 5.32 Å². The van der Waals surface area contributed by atoms with E-state index >= 15 is 0 Å². The molecule has 22 atom stereocenters. The fourth-order valence-corrected chi connectivity index (χ4v) is 9.64. The fourth-order valence-electron chi connectivity index (χ4n) is 9.03. The smallest absolute Gasteiger partial charge is 0.397 e. The summed E-state index contributed by atoms with van der Waals surface area (Å²) >= 11 is 0. The molecule has 1 amide bonds. The Morgan fingerprint density at radius 3 is 1.71 bits per heavy atom. The van der Waals surface area contributed by atoms with Gasteiger partial charge in [0.05, 0.1) is 24.4 Å². The maximum atomic E-state index is 13.1. The number of hydrogen-bond donors (Lipinski definition) is 12. The Balaban J connectivity index is 1.50. The summed E-state index contributed by atoms with van der Waals surface area (Å²) in [4.78, 5) is 42.2. The van der Waals surface area contributed by atoms with Gasteiger partial charge in [-0.15, -0.1) is 0 Å². The molecule has 32 heteroatoms. The van der Waals surface area contributed by atoms with Crippen molar-refractivity contribution in [1.29, 1.82) is 0 Å². The van der Waals surface area contributed by atoms with Crippen molar-refractivity contribution in [1.82, 2.24) is 5.32 Å². The van der Waals surface area contributed by atoms with E-state index in [4.69, 9.17) is 42.4 Å². The van der Waals surface area contributed by atoms with Gasteiger partial charge in [-0.25, -0.2) is 22.9 Å². The SMILES string of the molecule is CCCC(C)(OC1[C@@H](O)C(COS(=O)(=O)O)O[C@@H](O[C@@H]2C(C(=O)O)O[C@@H](C(C)(CC)OC3[C@@H](O)C(COS(=O)(=O)O)O[C@@H]4OC(C)=N[C@@H]34)C(O)[C@H]2O)[C@H]1NC(C)=O)[C@@H]1OC(C(=O)O)[C@@H](O)[C@H](O)C1O. The topological polar surface area (TPSA) is 459 Å². The molecule has 5 aliphatic heterocycles. The predicted molar refractivity (Wildman–Crippen MR) is 219 cm³/mol. The zero-order chi connectivity index (χ0) is 51.9. The lowest BCUT2D eigenvalue weighted by molar-refractivity contribution is -0.347. The van der Waals surface area contributed by atoms with E-state index in [0.717, 1.165) is 6.92 Å². The van der Waals surface area contributed by atoms with E-state index in [9.17, 15) is 81.7 Å². The second-order valence-electron chi connectivity index (χ2n) is 17.6. The second kappa shape index (κ2) is 22.0. The summed E-state index contributed by atoms with van der Waals surface area (Å²) in [6.45, 7) is 5.83. The van der Waals surface area contributed by atoms with Gasteiger partial charge in [-0.3, -0.25) is 13.9 Å². The van der Waals surface area contributed by atoms with Crippen LogP contribution in [0.15, 0.2) is 4.99 Å². The molecule has 5 aliphatic rings. The third kappa shape index (κ3) is 12.8. The summed E-state index contributed by atoms with van der Waals surface area (Å²) in [5.41, 5.74) is -3.93. The van der Waals surface area contributed by atoms with Crippen molar-refractivity contribution in [2.75, 3.05) is 13.2 Å². The first-order valence-electron chi connectivity index (χ1n) is 21.4. The highest BCUT2D eigenvalue weighted by Crippen LogP contribution is 2.42. The van der Waals surface area contributed by atoms with E-state index in [-0.39, 0.29) is 25.2 Å². The molecule has 0 saturated carbocycles. The maximum absolute atomic E-state index is 13.1. The van der Waals surface area contributed by atoms with Crippen molar-refractivity contribution in [2.45, 2.75) is 194 Å². The monoisotopic (exact) mass is 1040 g/mol. The Kier molecular flexibility index (Phi) is 18.2. The summed E-state index contributed by atoms with van der Waals surface area (Å²) in [6.07, 6.45) is -36.0. The molecule has 0 aliphatic carbocycles. The first-order valence-corrected chi connectivity index (χ1v) is 24.2. The highest BCUT2D eigenvalue weighted by atomic mass is 32.3. The number of nitrogens with one attached hydrogen (secondary N) is 1. The summed E-state index contributed by atoms with van der Waals surface area (Å²) in [5.74, 6) is -4.48. The normalized spacial score (nSPS) is 41.4. The molecule has 4 saturated heterocycles. The molecule has 0 aromatic heterocycles. The number of aliphatic hydroxyl groups excluding tert-OH is 7. The summed E-state index contributed by atoms with van der Waals surface area (Å²) in [7, 11) is -10.3. The molecule has 398 valence electrons. The van der Waals surface area contributed by atoms with Crippen molar-refractivity contribution >= 4 is 44.5 Å².